The molecule has 9 nitrogen and oxygen atoms in total. The molecule has 1 N–H and O–H groups in total. The van der Waals surface area contributed by atoms with Gasteiger partial charge in [0, 0.05) is 31.1 Å². The van der Waals surface area contributed by atoms with Gasteiger partial charge in [-0.05, 0) is 12.1 Å². The number of rotatable bonds is 12. The lowest BCUT2D eigenvalue weighted by Crippen LogP contribution is -2.12. The van der Waals surface area contributed by atoms with Gasteiger partial charge >= 0.3 is 5.97 Å². The third kappa shape index (κ3) is 6.71. The predicted octanol–water partition coefficient (Wildman–Crippen LogP) is 1.30. The quantitative estimate of drug-likeness (QED) is 0.557. The Labute approximate surface area is 150 Å². The number of aromatic carboxylic acids is 1. The van der Waals surface area contributed by atoms with Gasteiger partial charge in [-0.3, -0.25) is 0 Å². The zero-order chi connectivity index (χ0) is 18.6. The third-order valence-electron chi connectivity index (χ3n) is 3.15. The number of hydrogen-bond acceptors (Lipinski definition) is 8. The lowest BCUT2D eigenvalue weighted by molar-refractivity contribution is 0.0176. The monoisotopic (exact) mass is 363 g/mol. The van der Waals surface area contributed by atoms with Gasteiger partial charge in [-0.15, -0.1) is 0 Å². The molecule has 0 aliphatic carbocycles. The second kappa shape index (κ2) is 11.1. The lowest BCUT2D eigenvalue weighted by atomic mass is 10.2. The van der Waals surface area contributed by atoms with E-state index >= 15 is 0 Å². The molecule has 0 bridgehead atoms. The number of carboxylic acid groups (broad SMARTS) is 1. The summed E-state index contributed by atoms with van der Waals surface area (Å²) in [7, 11) is 1.62. The molecule has 140 valence electrons. The summed E-state index contributed by atoms with van der Waals surface area (Å²) in [6.45, 7) is 2.88. The number of nitrogens with zero attached hydrogens (tertiary/aromatic N) is 3. The van der Waals surface area contributed by atoms with Crippen LogP contribution in [0.1, 0.15) is 10.5 Å². The molecule has 0 aliphatic rings. The number of hydrogen-bond donors (Lipinski definition) is 1. The average Bonchev–Trinajstić information content (AvgIpc) is 2.67. The largest absolute Gasteiger partial charge is 0.477 e. The molecule has 26 heavy (non-hydrogen) atoms. The van der Waals surface area contributed by atoms with Crippen molar-refractivity contribution in [3.05, 3.63) is 36.3 Å². The molecule has 0 spiro atoms. The van der Waals surface area contributed by atoms with E-state index in [4.69, 9.17) is 24.1 Å². The maximum Gasteiger partial charge on any atom is 0.354 e. The summed E-state index contributed by atoms with van der Waals surface area (Å²) in [6.07, 6.45) is 2.92. The summed E-state index contributed by atoms with van der Waals surface area (Å²) in [5, 5.41) is 8.96. The van der Waals surface area contributed by atoms with Crippen molar-refractivity contribution in [2.24, 2.45) is 0 Å². The molecule has 0 aliphatic heterocycles. The average molecular weight is 363 g/mol. The van der Waals surface area contributed by atoms with Gasteiger partial charge in [0.15, 0.2) is 11.5 Å². The van der Waals surface area contributed by atoms with Gasteiger partial charge in [-0.2, -0.15) is 0 Å². The fourth-order valence-corrected chi connectivity index (χ4v) is 1.88. The van der Waals surface area contributed by atoms with Crippen molar-refractivity contribution in [2.75, 3.05) is 46.8 Å². The van der Waals surface area contributed by atoms with Crippen LogP contribution in [0.2, 0.25) is 0 Å². The Hall–Kier alpha value is -2.62. The van der Waals surface area contributed by atoms with Crippen molar-refractivity contribution < 1.29 is 28.8 Å². The summed E-state index contributed by atoms with van der Waals surface area (Å²) >= 11 is 0. The molecule has 9 heteroatoms. The molecular weight excluding hydrogens is 342 g/mol. The minimum atomic E-state index is -1.11. The summed E-state index contributed by atoms with van der Waals surface area (Å²) in [5.41, 5.74) is 0.531. The summed E-state index contributed by atoms with van der Waals surface area (Å²) < 4.78 is 21.0. The molecular formula is C17H21N3O6. The van der Waals surface area contributed by atoms with Crippen LogP contribution in [0.15, 0.2) is 30.6 Å². The van der Waals surface area contributed by atoms with E-state index in [1.54, 1.807) is 19.2 Å². The zero-order valence-electron chi connectivity index (χ0n) is 14.5. The standard InChI is InChI=1S/C17H21N3O6/c1-23-6-7-24-8-9-25-10-11-26-15-3-2-13(12-19-15)16-18-5-4-14(20-16)17(21)22/h2-5,12H,6-11H2,1H3,(H,21,22). The van der Waals surface area contributed by atoms with Gasteiger partial charge in [-0.25, -0.2) is 19.7 Å². The van der Waals surface area contributed by atoms with E-state index in [1.165, 1.54) is 18.5 Å². The topological polar surface area (TPSA) is 113 Å². The first-order chi connectivity index (χ1) is 12.7. The Morgan fingerprint density at radius 1 is 1.00 bits per heavy atom. The summed E-state index contributed by atoms with van der Waals surface area (Å²) in [6, 6.07) is 4.72. The second-order valence-electron chi connectivity index (χ2n) is 5.02. The minimum Gasteiger partial charge on any atom is -0.477 e. The van der Waals surface area contributed by atoms with Gasteiger partial charge in [0.25, 0.3) is 0 Å². The van der Waals surface area contributed by atoms with Crippen LogP contribution in [-0.4, -0.2) is 72.8 Å². The highest BCUT2D eigenvalue weighted by molar-refractivity contribution is 5.85. The van der Waals surface area contributed by atoms with Crippen molar-refractivity contribution in [1.29, 1.82) is 0 Å². The Morgan fingerprint density at radius 2 is 1.73 bits per heavy atom. The minimum absolute atomic E-state index is 0.0707. The summed E-state index contributed by atoms with van der Waals surface area (Å²) in [5.74, 6) is -0.380. The van der Waals surface area contributed by atoms with Crippen LogP contribution in [-0.2, 0) is 14.2 Å². The number of ether oxygens (including phenoxy) is 4. The van der Waals surface area contributed by atoms with Gasteiger partial charge in [0.1, 0.15) is 6.61 Å². The van der Waals surface area contributed by atoms with E-state index in [0.717, 1.165) is 0 Å². The van der Waals surface area contributed by atoms with Crippen LogP contribution in [0.4, 0.5) is 0 Å². The number of carbonyl (C=O) groups is 1. The lowest BCUT2D eigenvalue weighted by Gasteiger charge is -2.07. The first-order valence-electron chi connectivity index (χ1n) is 8.00. The van der Waals surface area contributed by atoms with Crippen LogP contribution in [0, 0.1) is 0 Å². The van der Waals surface area contributed by atoms with Crippen molar-refractivity contribution >= 4 is 5.97 Å². The number of carboxylic acids is 1. The molecule has 2 heterocycles. The molecule has 0 saturated carbocycles. The third-order valence-corrected chi connectivity index (χ3v) is 3.15. The predicted molar refractivity (Wildman–Crippen MR) is 91.2 cm³/mol. The van der Waals surface area contributed by atoms with Gasteiger partial charge < -0.3 is 24.1 Å². The van der Waals surface area contributed by atoms with E-state index < -0.39 is 5.97 Å². The highest BCUT2D eigenvalue weighted by Crippen LogP contribution is 2.16. The molecule has 0 saturated heterocycles. The van der Waals surface area contributed by atoms with Gasteiger partial charge in [0.05, 0.1) is 33.0 Å². The van der Waals surface area contributed by atoms with Crippen LogP contribution in [0.25, 0.3) is 11.4 Å². The van der Waals surface area contributed by atoms with Gasteiger partial charge in [0.2, 0.25) is 5.88 Å². The fraction of sp³-hybridized carbons (Fsp3) is 0.412. The first-order valence-corrected chi connectivity index (χ1v) is 8.00. The van der Waals surface area contributed by atoms with Gasteiger partial charge in [-0.1, -0.05) is 0 Å². The molecule has 2 aromatic rings. The second-order valence-corrected chi connectivity index (χ2v) is 5.02. The molecule has 0 unspecified atom stereocenters. The molecule has 0 aromatic carbocycles. The molecule has 2 aromatic heterocycles. The van der Waals surface area contributed by atoms with E-state index in [0.29, 0.717) is 56.9 Å². The van der Waals surface area contributed by atoms with Crippen molar-refractivity contribution in [1.82, 2.24) is 15.0 Å². The molecule has 0 radical (unpaired) electrons. The number of pyridine rings is 1. The van der Waals surface area contributed by atoms with E-state index in [1.807, 2.05) is 0 Å². The van der Waals surface area contributed by atoms with Crippen molar-refractivity contribution in [3.63, 3.8) is 0 Å². The highest BCUT2D eigenvalue weighted by Gasteiger charge is 2.08. The Kier molecular flexibility index (Phi) is 8.40. The Bertz CT molecular complexity index is 680. The summed E-state index contributed by atoms with van der Waals surface area (Å²) in [4.78, 5) is 23.1. The normalized spacial score (nSPS) is 10.7. The van der Waals surface area contributed by atoms with E-state index in [9.17, 15) is 4.79 Å². The van der Waals surface area contributed by atoms with Crippen LogP contribution in [0.3, 0.4) is 0 Å². The zero-order valence-corrected chi connectivity index (χ0v) is 14.5. The highest BCUT2D eigenvalue weighted by atomic mass is 16.6. The molecule has 0 fully saturated rings. The van der Waals surface area contributed by atoms with E-state index in [-0.39, 0.29) is 5.69 Å². The number of methoxy groups -OCH3 is 1. The van der Waals surface area contributed by atoms with Crippen LogP contribution >= 0.6 is 0 Å². The van der Waals surface area contributed by atoms with Crippen molar-refractivity contribution in [2.45, 2.75) is 0 Å². The molecule has 0 amide bonds. The Morgan fingerprint density at radius 3 is 2.38 bits per heavy atom. The van der Waals surface area contributed by atoms with E-state index in [2.05, 4.69) is 15.0 Å². The first kappa shape index (κ1) is 19.7. The van der Waals surface area contributed by atoms with Crippen LogP contribution in [0.5, 0.6) is 5.88 Å². The van der Waals surface area contributed by atoms with Crippen LogP contribution < -0.4 is 4.74 Å². The number of aromatic nitrogens is 3. The maximum absolute atomic E-state index is 10.9. The fourth-order valence-electron chi connectivity index (χ4n) is 1.88. The van der Waals surface area contributed by atoms with Crippen molar-refractivity contribution in [3.8, 4) is 17.3 Å². The smallest absolute Gasteiger partial charge is 0.354 e. The maximum atomic E-state index is 10.9. The molecule has 2 rings (SSSR count). The molecule has 0 atom stereocenters. The SMILES string of the molecule is COCCOCCOCCOc1ccc(-c2nccc(C(=O)O)n2)cn1. The Balaban J connectivity index is 1.71.